The molecular formula is C9H15NO3S. The second-order valence-electron chi connectivity index (χ2n) is 4.00. The van der Waals surface area contributed by atoms with Crippen LogP contribution in [-0.4, -0.2) is 31.5 Å². The van der Waals surface area contributed by atoms with Gasteiger partial charge in [0.15, 0.2) is 9.84 Å². The van der Waals surface area contributed by atoms with Crippen LogP contribution in [0.1, 0.15) is 26.7 Å². The van der Waals surface area contributed by atoms with Crippen LogP contribution in [0.25, 0.3) is 0 Å². The SMILES string of the molecule is CC(C)[C@@H](N=C=O)C1CCCS1(=O)=O. The first-order chi connectivity index (χ1) is 6.49. The van der Waals surface area contributed by atoms with Crippen LogP contribution in [0, 0.1) is 5.92 Å². The van der Waals surface area contributed by atoms with Crippen molar-refractivity contribution in [3.8, 4) is 0 Å². The van der Waals surface area contributed by atoms with E-state index in [4.69, 9.17) is 0 Å². The summed E-state index contributed by atoms with van der Waals surface area (Å²) in [6.45, 7) is 3.75. The average Bonchev–Trinajstić information content (AvgIpc) is 2.40. The number of hydrogen-bond donors (Lipinski definition) is 0. The quantitative estimate of drug-likeness (QED) is 0.521. The number of sulfone groups is 1. The van der Waals surface area contributed by atoms with Crippen molar-refractivity contribution in [3.63, 3.8) is 0 Å². The maximum atomic E-state index is 11.6. The van der Waals surface area contributed by atoms with Gasteiger partial charge >= 0.3 is 0 Å². The number of carbonyl (C=O) groups excluding carboxylic acids is 1. The molecule has 80 valence electrons. The summed E-state index contributed by atoms with van der Waals surface area (Å²) >= 11 is 0. The molecule has 14 heavy (non-hydrogen) atoms. The van der Waals surface area contributed by atoms with Crippen LogP contribution in [0.5, 0.6) is 0 Å². The topological polar surface area (TPSA) is 63.6 Å². The van der Waals surface area contributed by atoms with Crippen LogP contribution in [-0.2, 0) is 14.6 Å². The smallest absolute Gasteiger partial charge is 0.228 e. The maximum absolute atomic E-state index is 11.6. The fourth-order valence-electron chi connectivity index (χ4n) is 1.92. The minimum absolute atomic E-state index is 0.0642. The molecule has 0 spiro atoms. The number of nitrogens with zero attached hydrogens (tertiary/aromatic N) is 1. The third kappa shape index (κ3) is 2.22. The molecule has 0 aromatic rings. The number of hydrogen-bond acceptors (Lipinski definition) is 4. The van der Waals surface area contributed by atoms with Gasteiger partial charge in [0.05, 0.1) is 17.0 Å². The molecule has 1 saturated heterocycles. The van der Waals surface area contributed by atoms with E-state index < -0.39 is 21.1 Å². The van der Waals surface area contributed by atoms with Crippen molar-refractivity contribution in [2.24, 2.45) is 10.9 Å². The molecule has 1 aliphatic rings. The predicted octanol–water partition coefficient (Wildman–Crippen LogP) is 0.924. The summed E-state index contributed by atoms with van der Waals surface area (Å²) in [4.78, 5) is 13.8. The first kappa shape index (κ1) is 11.4. The van der Waals surface area contributed by atoms with E-state index in [-0.39, 0.29) is 11.7 Å². The van der Waals surface area contributed by atoms with Gasteiger partial charge in [-0.2, -0.15) is 0 Å². The first-order valence-corrected chi connectivity index (χ1v) is 6.49. The molecule has 0 aliphatic carbocycles. The monoisotopic (exact) mass is 217 g/mol. The normalized spacial score (nSPS) is 27.2. The Labute approximate surface area is 84.3 Å². The van der Waals surface area contributed by atoms with Crippen LogP contribution in [0.4, 0.5) is 0 Å². The van der Waals surface area contributed by atoms with Gasteiger partial charge in [-0.25, -0.2) is 18.2 Å². The van der Waals surface area contributed by atoms with Crippen LogP contribution in [0.2, 0.25) is 0 Å². The van der Waals surface area contributed by atoms with E-state index in [1.165, 1.54) is 6.08 Å². The molecule has 1 heterocycles. The van der Waals surface area contributed by atoms with Gasteiger partial charge in [0, 0.05) is 0 Å². The second-order valence-corrected chi connectivity index (χ2v) is 6.34. The van der Waals surface area contributed by atoms with Crippen LogP contribution in [0.3, 0.4) is 0 Å². The van der Waals surface area contributed by atoms with E-state index in [0.29, 0.717) is 12.8 Å². The zero-order chi connectivity index (χ0) is 10.8. The first-order valence-electron chi connectivity index (χ1n) is 4.77. The van der Waals surface area contributed by atoms with Gasteiger partial charge in [0.2, 0.25) is 6.08 Å². The summed E-state index contributed by atoms with van der Waals surface area (Å²) in [6.07, 6.45) is 2.78. The Morgan fingerprint density at radius 2 is 2.07 bits per heavy atom. The lowest BCUT2D eigenvalue weighted by molar-refractivity contribution is 0.452. The molecular weight excluding hydrogens is 202 g/mol. The minimum Gasteiger partial charge on any atom is -0.228 e. The molecule has 0 radical (unpaired) electrons. The van der Waals surface area contributed by atoms with Crippen molar-refractivity contribution in [2.75, 3.05) is 5.75 Å². The molecule has 1 fully saturated rings. The lowest BCUT2D eigenvalue weighted by Crippen LogP contribution is -2.33. The standard InChI is InChI=1S/C9H15NO3S/c1-7(2)9(10-6-11)8-4-3-5-14(8,12)13/h7-9H,3-5H2,1-2H3/t8?,9-/m1/s1. The highest BCUT2D eigenvalue weighted by Gasteiger charge is 2.38. The Balaban J connectivity index is 2.94. The molecule has 0 aromatic carbocycles. The van der Waals surface area contributed by atoms with Gasteiger partial charge in [0.25, 0.3) is 0 Å². The lowest BCUT2D eigenvalue weighted by atomic mass is 9.99. The fraction of sp³-hybridized carbons (Fsp3) is 0.889. The molecule has 4 nitrogen and oxygen atoms in total. The van der Waals surface area contributed by atoms with E-state index in [9.17, 15) is 13.2 Å². The van der Waals surface area contributed by atoms with Crippen molar-refractivity contribution in [2.45, 2.75) is 38.0 Å². The van der Waals surface area contributed by atoms with Crippen molar-refractivity contribution in [3.05, 3.63) is 0 Å². The van der Waals surface area contributed by atoms with Crippen molar-refractivity contribution >= 4 is 15.9 Å². The van der Waals surface area contributed by atoms with Crippen LogP contribution >= 0.6 is 0 Å². The molecule has 5 heteroatoms. The lowest BCUT2D eigenvalue weighted by Gasteiger charge is -2.20. The summed E-state index contributed by atoms with van der Waals surface area (Å²) in [6, 6.07) is -0.417. The Morgan fingerprint density at radius 1 is 1.43 bits per heavy atom. The molecule has 1 unspecified atom stereocenters. The minimum atomic E-state index is -3.03. The highest BCUT2D eigenvalue weighted by molar-refractivity contribution is 7.92. The predicted molar refractivity (Wildman–Crippen MR) is 53.6 cm³/mol. The molecule has 2 atom stereocenters. The Kier molecular flexibility index (Phi) is 3.45. The summed E-state index contributed by atoms with van der Waals surface area (Å²) in [5, 5.41) is -0.469. The van der Waals surface area contributed by atoms with Gasteiger partial charge in [-0.05, 0) is 18.8 Å². The third-order valence-electron chi connectivity index (χ3n) is 2.64. The molecule has 1 rings (SSSR count). The zero-order valence-corrected chi connectivity index (χ0v) is 9.25. The highest BCUT2D eigenvalue weighted by Crippen LogP contribution is 2.28. The van der Waals surface area contributed by atoms with Gasteiger partial charge in [-0.3, -0.25) is 0 Å². The average molecular weight is 217 g/mol. The number of aliphatic imine (C=N–C) groups is 1. The highest BCUT2D eigenvalue weighted by atomic mass is 32.2. The second kappa shape index (κ2) is 4.24. The molecule has 0 bridgehead atoms. The van der Waals surface area contributed by atoms with Crippen LogP contribution in [0.15, 0.2) is 4.99 Å². The summed E-state index contributed by atoms with van der Waals surface area (Å²) in [5.74, 6) is 0.296. The molecule has 0 N–H and O–H groups in total. The van der Waals surface area contributed by atoms with E-state index in [1.54, 1.807) is 0 Å². The summed E-state index contributed by atoms with van der Waals surface area (Å²) in [5.41, 5.74) is 0. The van der Waals surface area contributed by atoms with Gasteiger partial charge in [0.1, 0.15) is 0 Å². The van der Waals surface area contributed by atoms with Gasteiger partial charge < -0.3 is 0 Å². The van der Waals surface area contributed by atoms with E-state index in [2.05, 4.69) is 4.99 Å². The summed E-state index contributed by atoms with van der Waals surface area (Å²) in [7, 11) is -3.03. The Bertz CT molecular complexity index is 341. The molecule has 1 aliphatic heterocycles. The number of rotatable bonds is 3. The van der Waals surface area contributed by atoms with Crippen molar-refractivity contribution in [1.82, 2.24) is 0 Å². The van der Waals surface area contributed by atoms with Gasteiger partial charge in [-0.1, -0.05) is 13.8 Å². The number of isocyanates is 1. The molecule has 0 aromatic heterocycles. The Morgan fingerprint density at radius 3 is 2.43 bits per heavy atom. The summed E-state index contributed by atoms with van der Waals surface area (Å²) < 4.78 is 23.2. The fourth-order valence-corrected chi connectivity index (χ4v) is 4.12. The maximum Gasteiger partial charge on any atom is 0.235 e. The third-order valence-corrected chi connectivity index (χ3v) is 4.94. The Hall–Kier alpha value is -0.670. The molecule has 0 saturated carbocycles. The van der Waals surface area contributed by atoms with Crippen molar-refractivity contribution in [1.29, 1.82) is 0 Å². The zero-order valence-electron chi connectivity index (χ0n) is 8.43. The van der Waals surface area contributed by atoms with E-state index in [0.717, 1.165) is 0 Å². The van der Waals surface area contributed by atoms with Gasteiger partial charge in [-0.15, -0.1) is 0 Å². The van der Waals surface area contributed by atoms with E-state index in [1.807, 2.05) is 13.8 Å². The largest absolute Gasteiger partial charge is 0.235 e. The van der Waals surface area contributed by atoms with Crippen molar-refractivity contribution < 1.29 is 13.2 Å². The van der Waals surface area contributed by atoms with Crippen LogP contribution < -0.4 is 0 Å². The molecule has 0 amide bonds. The van der Waals surface area contributed by atoms with E-state index >= 15 is 0 Å².